The highest BCUT2D eigenvalue weighted by molar-refractivity contribution is 7.98. The number of hydrogen-bond acceptors (Lipinski definition) is 3. The number of esters is 1. The summed E-state index contributed by atoms with van der Waals surface area (Å²) in [6.07, 6.45) is 3.07. The fourth-order valence-electron chi connectivity index (χ4n) is 3.46. The molecule has 0 spiro atoms. The van der Waals surface area contributed by atoms with Crippen molar-refractivity contribution >= 4 is 23.3 Å². The number of fused-ring (bicyclic) bond motifs is 1. The van der Waals surface area contributed by atoms with Gasteiger partial charge < -0.3 is 4.74 Å². The van der Waals surface area contributed by atoms with E-state index in [0.29, 0.717) is 0 Å². The van der Waals surface area contributed by atoms with Crippen LogP contribution in [0.4, 0.5) is 4.39 Å². The molecule has 0 radical (unpaired) electrons. The van der Waals surface area contributed by atoms with Crippen molar-refractivity contribution in [3.05, 3.63) is 70.5 Å². The normalized spacial score (nSPS) is 16.1. The number of benzene rings is 2. The standard InChI is InChI=1S/C21H21FO2S/c1-13-18(10-14-4-7-16(25-3)8-5-14)20-11-15(22)6-9-17(20)19(13)12-21(23)24-2/h4-9,11,18H,10,12H2,1-3H3. The van der Waals surface area contributed by atoms with Crippen LogP contribution in [0.2, 0.25) is 0 Å². The number of carbonyl (C=O) groups is 1. The Bertz CT molecular complexity index is 824. The molecular weight excluding hydrogens is 335 g/mol. The van der Waals surface area contributed by atoms with E-state index < -0.39 is 0 Å². The second kappa shape index (κ2) is 7.44. The molecule has 3 rings (SSSR count). The number of hydrogen-bond donors (Lipinski definition) is 0. The predicted molar refractivity (Wildman–Crippen MR) is 100 cm³/mol. The van der Waals surface area contributed by atoms with Gasteiger partial charge in [-0.2, -0.15) is 0 Å². The van der Waals surface area contributed by atoms with Gasteiger partial charge in [-0.3, -0.25) is 4.79 Å². The zero-order chi connectivity index (χ0) is 18.0. The molecule has 1 unspecified atom stereocenters. The van der Waals surface area contributed by atoms with Crippen molar-refractivity contribution in [2.45, 2.75) is 30.6 Å². The molecule has 1 atom stereocenters. The molecule has 0 saturated carbocycles. The van der Waals surface area contributed by atoms with E-state index in [-0.39, 0.29) is 24.1 Å². The summed E-state index contributed by atoms with van der Waals surface area (Å²) in [5.41, 5.74) is 5.23. The third kappa shape index (κ3) is 3.64. The minimum Gasteiger partial charge on any atom is -0.469 e. The average Bonchev–Trinajstić information content (AvgIpc) is 2.87. The highest BCUT2D eigenvalue weighted by Crippen LogP contribution is 2.45. The molecule has 1 aliphatic carbocycles. The van der Waals surface area contributed by atoms with Crippen LogP contribution in [0.3, 0.4) is 0 Å². The quantitative estimate of drug-likeness (QED) is 0.542. The number of methoxy groups -OCH3 is 1. The largest absolute Gasteiger partial charge is 0.469 e. The van der Waals surface area contributed by atoms with Gasteiger partial charge in [0.1, 0.15) is 5.82 Å². The Morgan fingerprint density at radius 3 is 2.56 bits per heavy atom. The van der Waals surface area contributed by atoms with Gasteiger partial charge in [0.25, 0.3) is 0 Å². The predicted octanol–water partition coefficient (Wildman–Crippen LogP) is 5.22. The number of carbonyl (C=O) groups excluding carboxylic acids is 1. The Kier molecular flexibility index (Phi) is 5.28. The minimum atomic E-state index is -0.269. The number of ether oxygens (including phenoxy) is 1. The molecule has 25 heavy (non-hydrogen) atoms. The monoisotopic (exact) mass is 356 g/mol. The summed E-state index contributed by atoms with van der Waals surface area (Å²) in [5.74, 6) is -0.423. The van der Waals surface area contributed by atoms with Gasteiger partial charge in [-0.1, -0.05) is 23.8 Å². The van der Waals surface area contributed by atoms with Crippen LogP contribution in [0.1, 0.15) is 36.0 Å². The Labute approximate surface area is 152 Å². The van der Waals surface area contributed by atoms with Crippen molar-refractivity contribution < 1.29 is 13.9 Å². The molecule has 0 heterocycles. The summed E-state index contributed by atoms with van der Waals surface area (Å²) >= 11 is 1.71. The lowest BCUT2D eigenvalue weighted by Gasteiger charge is -2.15. The van der Waals surface area contributed by atoms with Crippen LogP contribution < -0.4 is 0 Å². The van der Waals surface area contributed by atoms with Crippen LogP contribution in [-0.2, 0) is 16.0 Å². The van der Waals surface area contributed by atoms with Crippen LogP contribution in [0.5, 0.6) is 0 Å². The molecular formula is C21H21FO2S. The van der Waals surface area contributed by atoms with Crippen molar-refractivity contribution in [3.8, 4) is 0 Å². The average molecular weight is 356 g/mol. The molecule has 130 valence electrons. The Hall–Kier alpha value is -2.07. The van der Waals surface area contributed by atoms with E-state index in [1.165, 1.54) is 23.6 Å². The zero-order valence-corrected chi connectivity index (χ0v) is 15.5. The summed E-state index contributed by atoms with van der Waals surface area (Å²) < 4.78 is 18.7. The van der Waals surface area contributed by atoms with Gasteiger partial charge in [0.15, 0.2) is 0 Å². The molecule has 0 N–H and O–H groups in total. The molecule has 0 fully saturated rings. The molecule has 4 heteroatoms. The second-order valence-corrected chi connectivity index (χ2v) is 7.13. The van der Waals surface area contributed by atoms with Gasteiger partial charge >= 0.3 is 5.97 Å². The maximum absolute atomic E-state index is 13.8. The summed E-state index contributed by atoms with van der Waals surface area (Å²) in [5, 5.41) is 0. The van der Waals surface area contributed by atoms with Crippen LogP contribution in [0, 0.1) is 5.82 Å². The molecule has 2 aromatic carbocycles. The van der Waals surface area contributed by atoms with Gasteiger partial charge in [0, 0.05) is 10.8 Å². The maximum Gasteiger partial charge on any atom is 0.309 e. The molecule has 0 bridgehead atoms. The van der Waals surface area contributed by atoms with Crippen molar-refractivity contribution in [1.29, 1.82) is 0 Å². The van der Waals surface area contributed by atoms with E-state index in [9.17, 15) is 9.18 Å². The SMILES string of the molecule is COC(=O)CC1=C(C)C(Cc2ccc(SC)cc2)c2cc(F)ccc21. The van der Waals surface area contributed by atoms with Crippen molar-refractivity contribution in [2.24, 2.45) is 0 Å². The van der Waals surface area contributed by atoms with Crippen LogP contribution in [0.15, 0.2) is 52.9 Å². The molecule has 0 aromatic heterocycles. The van der Waals surface area contributed by atoms with Crippen molar-refractivity contribution in [1.82, 2.24) is 0 Å². The number of thioether (sulfide) groups is 1. The maximum atomic E-state index is 13.8. The van der Waals surface area contributed by atoms with Crippen LogP contribution in [-0.4, -0.2) is 19.3 Å². The van der Waals surface area contributed by atoms with Gasteiger partial charge in [-0.05, 0) is 66.1 Å². The number of halogens is 1. The first-order valence-electron chi connectivity index (χ1n) is 8.22. The van der Waals surface area contributed by atoms with Gasteiger partial charge in [0.2, 0.25) is 0 Å². The van der Waals surface area contributed by atoms with Gasteiger partial charge in [-0.25, -0.2) is 4.39 Å². The number of rotatable bonds is 5. The van der Waals surface area contributed by atoms with E-state index in [0.717, 1.165) is 28.7 Å². The smallest absolute Gasteiger partial charge is 0.309 e. The second-order valence-electron chi connectivity index (χ2n) is 6.25. The first-order valence-corrected chi connectivity index (χ1v) is 9.45. The lowest BCUT2D eigenvalue weighted by molar-refractivity contribution is -0.139. The van der Waals surface area contributed by atoms with Crippen LogP contribution >= 0.6 is 11.8 Å². The Morgan fingerprint density at radius 1 is 1.20 bits per heavy atom. The Balaban J connectivity index is 1.96. The molecule has 0 aliphatic heterocycles. The first-order chi connectivity index (χ1) is 12.0. The lowest BCUT2D eigenvalue weighted by Crippen LogP contribution is -2.03. The number of allylic oxidation sites excluding steroid dienone is 1. The van der Waals surface area contributed by atoms with E-state index in [2.05, 4.69) is 30.5 Å². The summed E-state index contributed by atoms with van der Waals surface area (Å²) in [4.78, 5) is 13.0. The fraction of sp³-hybridized carbons (Fsp3) is 0.286. The molecule has 0 saturated heterocycles. The first kappa shape index (κ1) is 17.7. The zero-order valence-electron chi connectivity index (χ0n) is 14.6. The topological polar surface area (TPSA) is 26.3 Å². The summed E-state index contributed by atoms with van der Waals surface area (Å²) in [6, 6.07) is 13.3. The molecule has 2 nitrogen and oxygen atoms in total. The minimum absolute atomic E-state index is 0.0884. The molecule has 1 aliphatic rings. The molecule has 0 amide bonds. The van der Waals surface area contributed by atoms with E-state index >= 15 is 0 Å². The van der Waals surface area contributed by atoms with Gasteiger partial charge in [0.05, 0.1) is 13.5 Å². The van der Waals surface area contributed by atoms with Crippen LogP contribution in [0.25, 0.3) is 5.57 Å². The highest BCUT2D eigenvalue weighted by atomic mass is 32.2. The Morgan fingerprint density at radius 2 is 1.92 bits per heavy atom. The lowest BCUT2D eigenvalue weighted by atomic mass is 9.90. The summed E-state index contributed by atoms with van der Waals surface area (Å²) in [7, 11) is 1.39. The highest BCUT2D eigenvalue weighted by Gasteiger charge is 2.30. The van der Waals surface area contributed by atoms with Gasteiger partial charge in [-0.15, -0.1) is 11.8 Å². The van der Waals surface area contributed by atoms with E-state index in [4.69, 9.17) is 4.74 Å². The summed E-state index contributed by atoms with van der Waals surface area (Å²) in [6.45, 7) is 2.04. The molecule has 2 aromatic rings. The van der Waals surface area contributed by atoms with Crippen molar-refractivity contribution in [2.75, 3.05) is 13.4 Å². The fourth-order valence-corrected chi connectivity index (χ4v) is 3.87. The van der Waals surface area contributed by atoms with E-state index in [1.54, 1.807) is 23.9 Å². The van der Waals surface area contributed by atoms with Crippen molar-refractivity contribution in [3.63, 3.8) is 0 Å². The van der Waals surface area contributed by atoms with E-state index in [1.807, 2.05) is 6.92 Å². The third-order valence-corrected chi connectivity index (χ3v) is 5.60. The third-order valence-electron chi connectivity index (χ3n) is 4.86.